The molecule has 0 radical (unpaired) electrons. The number of hydrogen-bond donors (Lipinski definition) is 2. The van der Waals surface area contributed by atoms with Crippen LogP contribution in [0.3, 0.4) is 0 Å². The molecule has 1 amide bonds. The van der Waals surface area contributed by atoms with Crippen LogP contribution < -0.4 is 5.32 Å². The van der Waals surface area contributed by atoms with Crippen molar-refractivity contribution in [1.82, 2.24) is 5.32 Å². The molecule has 1 aromatic carbocycles. The SMILES string of the molecule is CC(C)(C)OC(=O)N[C@H](C(=O)O)c1cccc(I)c1. The fourth-order valence-electron chi connectivity index (χ4n) is 1.40. The van der Waals surface area contributed by atoms with Gasteiger partial charge in [0.1, 0.15) is 5.60 Å². The third kappa shape index (κ3) is 5.46. The normalized spacial score (nSPS) is 12.6. The van der Waals surface area contributed by atoms with Gasteiger partial charge in [0.25, 0.3) is 0 Å². The van der Waals surface area contributed by atoms with E-state index in [-0.39, 0.29) is 0 Å². The van der Waals surface area contributed by atoms with Gasteiger partial charge in [0.2, 0.25) is 0 Å². The number of hydrogen-bond acceptors (Lipinski definition) is 3. The maximum Gasteiger partial charge on any atom is 0.408 e. The molecule has 5 nitrogen and oxygen atoms in total. The van der Waals surface area contributed by atoms with Crippen molar-refractivity contribution in [3.05, 3.63) is 33.4 Å². The number of carboxylic acid groups (broad SMARTS) is 1. The lowest BCUT2D eigenvalue weighted by atomic mass is 10.1. The van der Waals surface area contributed by atoms with Crippen molar-refractivity contribution in [2.45, 2.75) is 32.4 Å². The first kappa shape index (κ1) is 15.7. The lowest BCUT2D eigenvalue weighted by molar-refractivity contribution is -0.139. The zero-order chi connectivity index (χ0) is 14.6. The van der Waals surface area contributed by atoms with Crippen molar-refractivity contribution in [2.24, 2.45) is 0 Å². The van der Waals surface area contributed by atoms with Crippen LogP contribution in [0.4, 0.5) is 4.79 Å². The zero-order valence-corrected chi connectivity index (χ0v) is 13.1. The molecule has 0 bridgehead atoms. The summed E-state index contributed by atoms with van der Waals surface area (Å²) in [4.78, 5) is 22.9. The molecule has 0 fully saturated rings. The molecule has 0 aromatic heterocycles. The van der Waals surface area contributed by atoms with Gasteiger partial charge in [0.05, 0.1) is 0 Å². The molecular weight excluding hydrogens is 361 g/mol. The number of carboxylic acids is 1. The number of benzene rings is 1. The molecule has 0 aliphatic rings. The predicted molar refractivity (Wildman–Crippen MR) is 78.9 cm³/mol. The summed E-state index contributed by atoms with van der Waals surface area (Å²) in [7, 11) is 0. The Morgan fingerprint density at radius 3 is 2.47 bits per heavy atom. The van der Waals surface area contributed by atoms with Gasteiger partial charge in [-0.25, -0.2) is 9.59 Å². The van der Waals surface area contributed by atoms with E-state index < -0.39 is 23.7 Å². The molecule has 104 valence electrons. The van der Waals surface area contributed by atoms with Crippen LogP contribution in [0, 0.1) is 3.57 Å². The molecule has 2 N–H and O–H groups in total. The molecule has 19 heavy (non-hydrogen) atoms. The van der Waals surface area contributed by atoms with Gasteiger partial charge in [-0.15, -0.1) is 0 Å². The van der Waals surface area contributed by atoms with E-state index in [2.05, 4.69) is 27.9 Å². The maximum atomic E-state index is 11.6. The van der Waals surface area contributed by atoms with Crippen LogP contribution in [0.25, 0.3) is 0 Å². The third-order valence-corrected chi connectivity index (χ3v) is 2.76. The van der Waals surface area contributed by atoms with Crippen LogP contribution in [0.2, 0.25) is 0 Å². The summed E-state index contributed by atoms with van der Waals surface area (Å²) >= 11 is 2.08. The van der Waals surface area contributed by atoms with E-state index in [9.17, 15) is 14.7 Å². The van der Waals surface area contributed by atoms with Gasteiger partial charge < -0.3 is 15.2 Å². The van der Waals surface area contributed by atoms with Gasteiger partial charge in [-0.2, -0.15) is 0 Å². The molecule has 0 saturated heterocycles. The molecule has 0 aliphatic carbocycles. The van der Waals surface area contributed by atoms with Crippen LogP contribution >= 0.6 is 22.6 Å². The highest BCUT2D eigenvalue weighted by atomic mass is 127. The Labute approximate surface area is 125 Å². The molecule has 0 unspecified atom stereocenters. The number of ether oxygens (including phenoxy) is 1. The highest BCUT2D eigenvalue weighted by Gasteiger charge is 2.25. The molecule has 0 heterocycles. The molecule has 1 aromatic rings. The van der Waals surface area contributed by atoms with Crippen LogP contribution in [0.15, 0.2) is 24.3 Å². The van der Waals surface area contributed by atoms with Gasteiger partial charge in [-0.1, -0.05) is 12.1 Å². The smallest absolute Gasteiger partial charge is 0.408 e. The first-order chi connectivity index (χ1) is 8.69. The summed E-state index contributed by atoms with van der Waals surface area (Å²) < 4.78 is 5.95. The summed E-state index contributed by atoms with van der Waals surface area (Å²) in [5.74, 6) is -1.13. The van der Waals surface area contributed by atoms with E-state index in [1.54, 1.807) is 39.0 Å². The van der Waals surface area contributed by atoms with Gasteiger partial charge in [0.15, 0.2) is 6.04 Å². The zero-order valence-electron chi connectivity index (χ0n) is 10.9. The minimum absolute atomic E-state index is 0.505. The first-order valence-corrected chi connectivity index (χ1v) is 6.75. The number of alkyl carbamates (subject to hydrolysis) is 1. The minimum atomic E-state index is -1.13. The Morgan fingerprint density at radius 1 is 1.37 bits per heavy atom. The van der Waals surface area contributed by atoms with E-state index in [1.807, 2.05) is 6.07 Å². The van der Waals surface area contributed by atoms with Gasteiger partial charge in [0, 0.05) is 3.57 Å². The Kier molecular flexibility index (Phi) is 5.16. The molecule has 0 saturated carbocycles. The van der Waals surface area contributed by atoms with E-state index in [0.29, 0.717) is 5.56 Å². The van der Waals surface area contributed by atoms with Crippen molar-refractivity contribution in [1.29, 1.82) is 0 Å². The Balaban J connectivity index is 2.85. The first-order valence-electron chi connectivity index (χ1n) is 5.67. The van der Waals surface area contributed by atoms with Crippen LogP contribution in [-0.2, 0) is 9.53 Å². The Hall–Kier alpha value is -1.31. The van der Waals surface area contributed by atoms with Gasteiger partial charge in [-0.05, 0) is 61.1 Å². The average Bonchev–Trinajstić information content (AvgIpc) is 2.23. The Morgan fingerprint density at radius 2 is 2.00 bits per heavy atom. The van der Waals surface area contributed by atoms with Crippen LogP contribution in [-0.4, -0.2) is 22.8 Å². The molecule has 0 aliphatic heterocycles. The second-order valence-electron chi connectivity index (χ2n) is 4.97. The standard InChI is InChI=1S/C13H16INO4/c1-13(2,3)19-12(18)15-10(11(16)17)8-5-4-6-9(14)7-8/h4-7,10H,1-3H3,(H,15,18)(H,16,17)/t10-/m0/s1. The number of rotatable bonds is 3. The summed E-state index contributed by atoms with van der Waals surface area (Å²) in [6, 6.07) is 5.82. The topological polar surface area (TPSA) is 75.6 Å². The van der Waals surface area contributed by atoms with Crippen molar-refractivity contribution >= 4 is 34.7 Å². The van der Waals surface area contributed by atoms with E-state index >= 15 is 0 Å². The Bertz CT molecular complexity index is 482. The summed E-state index contributed by atoms with van der Waals surface area (Å²) in [6.07, 6.45) is -0.751. The number of aliphatic carboxylic acids is 1. The summed E-state index contributed by atoms with van der Waals surface area (Å²) in [5.41, 5.74) is -0.164. The van der Waals surface area contributed by atoms with Crippen molar-refractivity contribution in [3.63, 3.8) is 0 Å². The largest absolute Gasteiger partial charge is 0.479 e. The minimum Gasteiger partial charge on any atom is -0.479 e. The quantitative estimate of drug-likeness (QED) is 0.795. The monoisotopic (exact) mass is 377 g/mol. The fraction of sp³-hybridized carbons (Fsp3) is 0.385. The lowest BCUT2D eigenvalue weighted by Crippen LogP contribution is -2.38. The highest BCUT2D eigenvalue weighted by Crippen LogP contribution is 2.17. The predicted octanol–water partition coefficient (Wildman–Crippen LogP) is 2.94. The van der Waals surface area contributed by atoms with Gasteiger partial charge >= 0.3 is 12.1 Å². The molecule has 1 atom stereocenters. The summed E-state index contributed by atoms with van der Waals surface area (Å²) in [5, 5.41) is 11.5. The van der Waals surface area contributed by atoms with E-state index in [1.165, 1.54) is 0 Å². The number of carbonyl (C=O) groups is 2. The van der Waals surface area contributed by atoms with Crippen LogP contribution in [0.5, 0.6) is 0 Å². The third-order valence-electron chi connectivity index (χ3n) is 2.09. The summed E-state index contributed by atoms with van der Waals surface area (Å²) in [6.45, 7) is 5.15. The second kappa shape index (κ2) is 6.23. The highest BCUT2D eigenvalue weighted by molar-refractivity contribution is 14.1. The molecule has 6 heteroatoms. The number of carbonyl (C=O) groups excluding carboxylic acids is 1. The average molecular weight is 377 g/mol. The number of halogens is 1. The molecular formula is C13H16INO4. The van der Waals surface area contributed by atoms with Crippen molar-refractivity contribution in [3.8, 4) is 0 Å². The second-order valence-corrected chi connectivity index (χ2v) is 6.22. The lowest BCUT2D eigenvalue weighted by Gasteiger charge is -2.22. The van der Waals surface area contributed by atoms with Crippen molar-refractivity contribution < 1.29 is 19.4 Å². The number of nitrogens with one attached hydrogen (secondary N) is 1. The van der Waals surface area contributed by atoms with Crippen molar-refractivity contribution in [2.75, 3.05) is 0 Å². The van der Waals surface area contributed by atoms with Crippen LogP contribution in [0.1, 0.15) is 32.4 Å². The molecule has 1 rings (SSSR count). The number of amides is 1. The maximum absolute atomic E-state index is 11.6. The van der Waals surface area contributed by atoms with Gasteiger partial charge in [-0.3, -0.25) is 0 Å². The molecule has 0 spiro atoms. The fourth-order valence-corrected chi connectivity index (χ4v) is 1.97. The van der Waals surface area contributed by atoms with E-state index in [0.717, 1.165) is 3.57 Å². The van der Waals surface area contributed by atoms with E-state index in [4.69, 9.17) is 4.74 Å².